The molecule has 0 bridgehead atoms. The molecule has 1 aromatic heterocycles. The maximum Gasteiger partial charge on any atom is 0.387 e. The monoisotopic (exact) mass is 449 g/mol. The van der Waals surface area contributed by atoms with Gasteiger partial charge in [-0.05, 0) is 48.7 Å². The smallest absolute Gasteiger partial charge is 0.387 e. The molecule has 6 nitrogen and oxygen atoms in total. The van der Waals surface area contributed by atoms with Crippen LogP contribution in [0.15, 0.2) is 48.7 Å². The molecule has 1 heterocycles. The molecule has 0 atom stereocenters. The highest BCUT2D eigenvalue weighted by atomic mass is 35.5. The number of halogens is 3. The fourth-order valence-corrected chi connectivity index (χ4v) is 3.40. The van der Waals surface area contributed by atoms with Gasteiger partial charge in [-0.1, -0.05) is 30.7 Å². The maximum absolute atomic E-state index is 12.7. The van der Waals surface area contributed by atoms with Gasteiger partial charge in [0.15, 0.2) is 11.5 Å². The molecule has 0 saturated heterocycles. The number of benzene rings is 2. The van der Waals surface area contributed by atoms with Crippen molar-refractivity contribution < 1.29 is 23.0 Å². The van der Waals surface area contributed by atoms with E-state index in [2.05, 4.69) is 15.2 Å². The van der Waals surface area contributed by atoms with Gasteiger partial charge >= 0.3 is 6.61 Å². The van der Waals surface area contributed by atoms with Gasteiger partial charge in [-0.15, -0.1) is 0 Å². The van der Waals surface area contributed by atoms with Crippen LogP contribution in [0.2, 0.25) is 5.02 Å². The molecule has 2 aromatic carbocycles. The summed E-state index contributed by atoms with van der Waals surface area (Å²) < 4.78 is 36.4. The van der Waals surface area contributed by atoms with Gasteiger partial charge in [0, 0.05) is 11.6 Å². The molecule has 0 aliphatic rings. The molecule has 3 rings (SSSR count). The highest BCUT2D eigenvalue weighted by Gasteiger charge is 2.17. The van der Waals surface area contributed by atoms with Gasteiger partial charge in [-0.3, -0.25) is 4.79 Å². The second kappa shape index (κ2) is 10.3. The maximum atomic E-state index is 12.7. The molecule has 0 radical (unpaired) electrons. The number of carbonyl (C=O) groups excluding carboxylic acids is 1. The van der Waals surface area contributed by atoms with E-state index in [-0.39, 0.29) is 17.4 Å². The summed E-state index contributed by atoms with van der Waals surface area (Å²) in [4.78, 5) is 12.7. The molecule has 0 aliphatic carbocycles. The normalized spacial score (nSPS) is 10.9. The van der Waals surface area contributed by atoms with Crippen molar-refractivity contribution in [3.8, 4) is 17.2 Å². The van der Waals surface area contributed by atoms with Gasteiger partial charge in [0.2, 0.25) is 0 Å². The lowest BCUT2D eigenvalue weighted by Crippen LogP contribution is -2.26. The van der Waals surface area contributed by atoms with E-state index in [1.54, 1.807) is 28.9 Å². The van der Waals surface area contributed by atoms with E-state index in [1.165, 1.54) is 19.4 Å². The van der Waals surface area contributed by atoms with Gasteiger partial charge in [-0.2, -0.15) is 13.9 Å². The highest BCUT2D eigenvalue weighted by Crippen LogP contribution is 2.29. The molecular formula is C22H22ClF2N3O3. The molecular weight excluding hydrogens is 428 g/mol. The first-order valence-electron chi connectivity index (χ1n) is 9.65. The van der Waals surface area contributed by atoms with Gasteiger partial charge < -0.3 is 14.8 Å². The van der Waals surface area contributed by atoms with Gasteiger partial charge in [0.1, 0.15) is 0 Å². The predicted molar refractivity (Wildman–Crippen MR) is 114 cm³/mol. The Bertz CT molecular complexity index is 1060. The number of hydrogen-bond donors (Lipinski definition) is 1. The number of amides is 1. The summed E-state index contributed by atoms with van der Waals surface area (Å²) in [6.07, 6.45) is 2.55. The van der Waals surface area contributed by atoms with Crippen molar-refractivity contribution in [3.05, 3.63) is 70.5 Å². The second-order valence-electron chi connectivity index (χ2n) is 6.62. The molecule has 0 saturated carbocycles. The molecule has 0 fully saturated rings. The van der Waals surface area contributed by atoms with Crippen LogP contribution in [0, 0.1) is 0 Å². The topological polar surface area (TPSA) is 65.4 Å². The van der Waals surface area contributed by atoms with E-state index in [1.807, 2.05) is 19.1 Å². The number of alkyl halides is 2. The number of ether oxygens (including phenoxy) is 2. The zero-order chi connectivity index (χ0) is 22.4. The highest BCUT2D eigenvalue weighted by molar-refractivity contribution is 6.30. The summed E-state index contributed by atoms with van der Waals surface area (Å²) in [6.45, 7) is -0.700. The number of nitrogens with one attached hydrogen (secondary N) is 1. The summed E-state index contributed by atoms with van der Waals surface area (Å²) in [7, 11) is 1.38. The Balaban J connectivity index is 1.68. The van der Waals surface area contributed by atoms with Crippen LogP contribution in [0.3, 0.4) is 0 Å². The summed E-state index contributed by atoms with van der Waals surface area (Å²) in [6, 6.07) is 12.0. The first kappa shape index (κ1) is 22.6. The van der Waals surface area contributed by atoms with E-state index >= 15 is 0 Å². The third-order valence-corrected chi connectivity index (χ3v) is 4.88. The van der Waals surface area contributed by atoms with Crippen LogP contribution >= 0.6 is 11.6 Å². The predicted octanol–water partition coefficient (Wildman–Crippen LogP) is 4.67. The molecule has 1 amide bonds. The van der Waals surface area contributed by atoms with Gasteiger partial charge in [0.05, 0.1) is 30.3 Å². The minimum Gasteiger partial charge on any atom is -0.493 e. The van der Waals surface area contributed by atoms with Crippen molar-refractivity contribution in [2.45, 2.75) is 26.4 Å². The minimum absolute atomic E-state index is 0.0441. The van der Waals surface area contributed by atoms with Crippen molar-refractivity contribution >= 4 is 17.5 Å². The lowest BCUT2D eigenvalue weighted by molar-refractivity contribution is -0.0512. The molecule has 0 spiro atoms. The standard InChI is InChI=1S/C22H22ClF2N3O3/c1-3-18-17(13-27-28(18)16-6-4-5-15(23)12-16)21(29)26-10-9-14-7-8-19(30-2)20(11-14)31-22(24)25/h4-8,11-13,22H,3,9-10H2,1-2H3,(H,26,29). The number of hydrogen-bond acceptors (Lipinski definition) is 4. The quantitative estimate of drug-likeness (QED) is 0.515. The third-order valence-electron chi connectivity index (χ3n) is 4.64. The Morgan fingerprint density at radius 2 is 2.03 bits per heavy atom. The molecule has 9 heteroatoms. The molecule has 3 aromatic rings. The second-order valence-corrected chi connectivity index (χ2v) is 7.06. The van der Waals surface area contributed by atoms with Crippen molar-refractivity contribution in [3.63, 3.8) is 0 Å². The third kappa shape index (κ3) is 5.52. The largest absolute Gasteiger partial charge is 0.493 e. The minimum atomic E-state index is -2.95. The van der Waals surface area contributed by atoms with Crippen LogP contribution < -0.4 is 14.8 Å². The van der Waals surface area contributed by atoms with Crippen LogP contribution in [0.1, 0.15) is 28.5 Å². The molecule has 164 valence electrons. The summed E-state index contributed by atoms with van der Waals surface area (Å²) in [5, 5.41) is 7.77. The zero-order valence-electron chi connectivity index (χ0n) is 17.1. The van der Waals surface area contributed by atoms with Crippen LogP contribution in [0.5, 0.6) is 11.5 Å². The summed E-state index contributed by atoms with van der Waals surface area (Å²) in [5.41, 5.74) is 2.73. The van der Waals surface area contributed by atoms with Gasteiger partial charge in [-0.25, -0.2) is 4.68 Å². The van der Waals surface area contributed by atoms with Gasteiger partial charge in [0.25, 0.3) is 5.91 Å². The average Bonchev–Trinajstić information content (AvgIpc) is 3.18. The van der Waals surface area contributed by atoms with E-state index in [0.29, 0.717) is 30.0 Å². The Labute approximate surface area is 183 Å². The number of methoxy groups -OCH3 is 1. The van der Waals surface area contributed by atoms with Crippen molar-refractivity contribution in [2.24, 2.45) is 0 Å². The van der Waals surface area contributed by atoms with Crippen LogP contribution in [0.25, 0.3) is 5.69 Å². The average molecular weight is 450 g/mol. The summed E-state index contributed by atoms with van der Waals surface area (Å²) in [5.74, 6) is -0.0887. The lowest BCUT2D eigenvalue weighted by atomic mass is 10.1. The lowest BCUT2D eigenvalue weighted by Gasteiger charge is -2.12. The van der Waals surface area contributed by atoms with E-state index in [0.717, 1.165) is 16.9 Å². The zero-order valence-corrected chi connectivity index (χ0v) is 17.8. The first-order valence-corrected chi connectivity index (χ1v) is 10.0. The van der Waals surface area contributed by atoms with Crippen LogP contribution in [-0.2, 0) is 12.8 Å². The Kier molecular flexibility index (Phi) is 7.46. The number of rotatable bonds is 9. The van der Waals surface area contributed by atoms with Crippen molar-refractivity contribution in [1.82, 2.24) is 15.1 Å². The summed E-state index contributed by atoms with van der Waals surface area (Å²) >= 11 is 6.07. The number of nitrogens with zero attached hydrogens (tertiary/aromatic N) is 2. The fraction of sp³-hybridized carbons (Fsp3) is 0.273. The van der Waals surface area contributed by atoms with E-state index in [4.69, 9.17) is 16.3 Å². The van der Waals surface area contributed by atoms with E-state index < -0.39 is 6.61 Å². The van der Waals surface area contributed by atoms with Crippen LogP contribution in [0.4, 0.5) is 8.78 Å². The Morgan fingerprint density at radius 1 is 1.23 bits per heavy atom. The van der Waals surface area contributed by atoms with Crippen molar-refractivity contribution in [1.29, 1.82) is 0 Å². The first-order chi connectivity index (χ1) is 14.9. The van der Waals surface area contributed by atoms with E-state index in [9.17, 15) is 13.6 Å². The fourth-order valence-electron chi connectivity index (χ4n) is 3.21. The molecule has 31 heavy (non-hydrogen) atoms. The Morgan fingerprint density at radius 3 is 2.71 bits per heavy atom. The van der Waals surface area contributed by atoms with Crippen molar-refractivity contribution in [2.75, 3.05) is 13.7 Å². The van der Waals surface area contributed by atoms with Crippen LogP contribution in [-0.4, -0.2) is 36.0 Å². The Hall–Kier alpha value is -3.13. The number of carbonyl (C=O) groups is 1. The SMILES string of the molecule is CCc1c(C(=O)NCCc2ccc(OC)c(OC(F)F)c2)cnn1-c1cccc(Cl)c1. The molecule has 0 aliphatic heterocycles. The molecule has 0 unspecified atom stereocenters. The molecule has 1 N–H and O–H groups in total. The number of aromatic nitrogens is 2.